The molecule has 1 aromatic carbocycles. The van der Waals surface area contributed by atoms with Crippen molar-refractivity contribution in [2.45, 2.75) is 12.5 Å². The SMILES string of the molecule is COc1ccc(Cl)cc1NC(=O)CC1N=C(N2CCOCC2)NC1=O. The van der Waals surface area contributed by atoms with Crippen molar-refractivity contribution in [1.82, 2.24) is 10.2 Å². The molecule has 1 unspecified atom stereocenters. The molecule has 25 heavy (non-hydrogen) atoms. The first kappa shape index (κ1) is 17.5. The Morgan fingerprint density at radius 3 is 2.96 bits per heavy atom. The molecule has 1 aromatic rings. The lowest BCUT2D eigenvalue weighted by Crippen LogP contribution is -2.46. The second kappa shape index (κ2) is 7.71. The predicted molar refractivity (Wildman–Crippen MR) is 93.0 cm³/mol. The van der Waals surface area contributed by atoms with Crippen LogP contribution in [0.25, 0.3) is 0 Å². The predicted octanol–water partition coefficient (Wildman–Crippen LogP) is 0.864. The molecule has 0 saturated carbocycles. The zero-order chi connectivity index (χ0) is 17.8. The molecule has 9 heteroatoms. The number of nitrogens with zero attached hydrogens (tertiary/aromatic N) is 2. The Labute approximate surface area is 150 Å². The van der Waals surface area contributed by atoms with Crippen molar-refractivity contribution in [2.24, 2.45) is 4.99 Å². The first-order chi connectivity index (χ1) is 12.1. The quantitative estimate of drug-likeness (QED) is 0.824. The van der Waals surface area contributed by atoms with Crippen molar-refractivity contribution < 1.29 is 19.1 Å². The molecule has 8 nitrogen and oxygen atoms in total. The van der Waals surface area contributed by atoms with Gasteiger partial charge >= 0.3 is 0 Å². The van der Waals surface area contributed by atoms with Gasteiger partial charge in [-0.1, -0.05) is 11.6 Å². The van der Waals surface area contributed by atoms with E-state index in [1.807, 2.05) is 4.90 Å². The molecule has 3 rings (SSSR count). The lowest BCUT2D eigenvalue weighted by atomic mass is 10.2. The second-order valence-electron chi connectivity index (χ2n) is 5.65. The van der Waals surface area contributed by atoms with Gasteiger partial charge in [-0.3, -0.25) is 14.9 Å². The number of amides is 2. The number of morpholine rings is 1. The van der Waals surface area contributed by atoms with Crippen LogP contribution < -0.4 is 15.4 Å². The van der Waals surface area contributed by atoms with Gasteiger partial charge in [0.05, 0.1) is 32.4 Å². The topological polar surface area (TPSA) is 92.3 Å². The number of carbonyl (C=O) groups excluding carboxylic acids is 2. The number of aliphatic imine (C=N–C) groups is 1. The van der Waals surface area contributed by atoms with E-state index < -0.39 is 6.04 Å². The summed E-state index contributed by atoms with van der Waals surface area (Å²) >= 11 is 5.95. The number of guanidine groups is 1. The maximum atomic E-state index is 12.3. The summed E-state index contributed by atoms with van der Waals surface area (Å²) in [4.78, 5) is 30.7. The Kier molecular flexibility index (Phi) is 5.40. The van der Waals surface area contributed by atoms with Gasteiger partial charge in [0.15, 0.2) is 0 Å². The van der Waals surface area contributed by atoms with Gasteiger partial charge in [0.25, 0.3) is 5.91 Å². The van der Waals surface area contributed by atoms with Gasteiger partial charge in [0, 0.05) is 18.1 Å². The van der Waals surface area contributed by atoms with Crippen LogP contribution in [-0.2, 0) is 14.3 Å². The molecular weight excluding hydrogens is 348 g/mol. The highest BCUT2D eigenvalue weighted by molar-refractivity contribution is 6.31. The third-order valence-corrected chi connectivity index (χ3v) is 4.18. The highest BCUT2D eigenvalue weighted by Crippen LogP contribution is 2.28. The minimum Gasteiger partial charge on any atom is -0.495 e. The van der Waals surface area contributed by atoms with Crippen molar-refractivity contribution in [1.29, 1.82) is 0 Å². The minimum absolute atomic E-state index is 0.0602. The molecule has 0 bridgehead atoms. The maximum Gasteiger partial charge on any atom is 0.252 e. The number of halogens is 1. The van der Waals surface area contributed by atoms with Gasteiger partial charge in [-0.05, 0) is 18.2 Å². The van der Waals surface area contributed by atoms with Gasteiger partial charge < -0.3 is 19.7 Å². The minimum atomic E-state index is -0.747. The molecule has 1 saturated heterocycles. The molecule has 134 valence electrons. The lowest BCUT2D eigenvalue weighted by Gasteiger charge is -2.27. The monoisotopic (exact) mass is 366 g/mol. The Balaban J connectivity index is 1.63. The molecule has 2 aliphatic rings. The van der Waals surface area contributed by atoms with E-state index in [1.54, 1.807) is 18.2 Å². The Hall–Kier alpha value is -2.32. The van der Waals surface area contributed by atoms with Crippen LogP contribution in [0.1, 0.15) is 6.42 Å². The zero-order valence-electron chi connectivity index (χ0n) is 13.8. The van der Waals surface area contributed by atoms with E-state index in [0.717, 1.165) is 0 Å². The number of benzene rings is 1. The van der Waals surface area contributed by atoms with Crippen LogP contribution in [0.4, 0.5) is 5.69 Å². The average Bonchev–Trinajstić information content (AvgIpc) is 2.96. The smallest absolute Gasteiger partial charge is 0.252 e. The fraction of sp³-hybridized carbons (Fsp3) is 0.438. The zero-order valence-corrected chi connectivity index (χ0v) is 14.5. The van der Waals surface area contributed by atoms with E-state index in [2.05, 4.69) is 15.6 Å². The largest absolute Gasteiger partial charge is 0.495 e. The fourth-order valence-corrected chi connectivity index (χ4v) is 2.83. The molecule has 2 aliphatic heterocycles. The standard InChI is InChI=1S/C16H19ClN4O4/c1-24-13-3-2-10(17)8-11(13)18-14(22)9-12-15(23)20-16(19-12)21-4-6-25-7-5-21/h2-3,8,12H,4-7,9H2,1H3,(H,18,22)(H,19,20,23). The lowest BCUT2D eigenvalue weighted by molar-refractivity contribution is -0.124. The van der Waals surface area contributed by atoms with Gasteiger partial charge in [0.2, 0.25) is 11.9 Å². The van der Waals surface area contributed by atoms with Crippen LogP contribution in [0.15, 0.2) is 23.2 Å². The summed E-state index contributed by atoms with van der Waals surface area (Å²) in [5.74, 6) is 0.375. The van der Waals surface area contributed by atoms with Crippen LogP contribution in [0.3, 0.4) is 0 Å². The molecule has 0 spiro atoms. The third-order valence-electron chi connectivity index (χ3n) is 3.94. The summed E-state index contributed by atoms with van der Waals surface area (Å²) in [5, 5.41) is 5.92. The number of rotatable bonds is 4. The third kappa shape index (κ3) is 4.21. The maximum absolute atomic E-state index is 12.3. The molecule has 2 N–H and O–H groups in total. The van der Waals surface area contributed by atoms with Crippen molar-refractivity contribution in [3.8, 4) is 5.75 Å². The number of carbonyl (C=O) groups is 2. The number of hydrogen-bond acceptors (Lipinski definition) is 6. The average molecular weight is 367 g/mol. The number of methoxy groups -OCH3 is 1. The van der Waals surface area contributed by atoms with Crippen LogP contribution in [-0.4, -0.2) is 62.1 Å². The van der Waals surface area contributed by atoms with Gasteiger partial charge in [-0.2, -0.15) is 0 Å². The highest BCUT2D eigenvalue weighted by Gasteiger charge is 2.31. The van der Waals surface area contributed by atoms with Crippen LogP contribution >= 0.6 is 11.6 Å². The number of anilines is 1. The van der Waals surface area contributed by atoms with Crippen molar-refractivity contribution >= 4 is 35.1 Å². The summed E-state index contributed by atoms with van der Waals surface area (Å²) in [5.41, 5.74) is 0.454. The number of ether oxygens (including phenoxy) is 2. The Morgan fingerprint density at radius 2 is 2.24 bits per heavy atom. The van der Waals surface area contributed by atoms with Gasteiger partial charge in [-0.25, -0.2) is 4.99 Å². The molecule has 1 fully saturated rings. The van der Waals surface area contributed by atoms with E-state index in [4.69, 9.17) is 21.1 Å². The number of hydrogen-bond donors (Lipinski definition) is 2. The summed E-state index contributed by atoms with van der Waals surface area (Å²) in [6, 6.07) is 4.17. The Morgan fingerprint density at radius 1 is 1.48 bits per heavy atom. The summed E-state index contributed by atoms with van der Waals surface area (Å²) in [6.07, 6.45) is -0.0602. The molecule has 0 radical (unpaired) electrons. The van der Waals surface area contributed by atoms with Crippen LogP contribution in [0, 0.1) is 0 Å². The van der Waals surface area contributed by atoms with E-state index in [1.165, 1.54) is 7.11 Å². The van der Waals surface area contributed by atoms with Gasteiger partial charge in [-0.15, -0.1) is 0 Å². The first-order valence-electron chi connectivity index (χ1n) is 7.91. The molecular formula is C16H19ClN4O4. The van der Waals surface area contributed by atoms with Crippen LogP contribution in [0.5, 0.6) is 5.75 Å². The molecule has 1 atom stereocenters. The van der Waals surface area contributed by atoms with Crippen LogP contribution in [0.2, 0.25) is 5.02 Å². The van der Waals surface area contributed by atoms with Gasteiger partial charge in [0.1, 0.15) is 11.8 Å². The fourth-order valence-electron chi connectivity index (χ4n) is 2.66. The normalized spacial score (nSPS) is 20.1. The summed E-state index contributed by atoms with van der Waals surface area (Å²) in [6.45, 7) is 2.51. The molecule has 2 heterocycles. The Bertz CT molecular complexity index is 703. The van der Waals surface area contributed by atoms with E-state index >= 15 is 0 Å². The molecule has 2 amide bonds. The molecule has 0 aromatic heterocycles. The summed E-state index contributed by atoms with van der Waals surface area (Å²) in [7, 11) is 1.50. The molecule has 0 aliphatic carbocycles. The summed E-state index contributed by atoms with van der Waals surface area (Å²) < 4.78 is 10.5. The highest BCUT2D eigenvalue weighted by atomic mass is 35.5. The van der Waals surface area contributed by atoms with E-state index in [9.17, 15) is 9.59 Å². The van der Waals surface area contributed by atoms with E-state index in [0.29, 0.717) is 48.7 Å². The number of nitrogens with one attached hydrogen (secondary N) is 2. The van der Waals surface area contributed by atoms with Crippen molar-refractivity contribution in [2.75, 3.05) is 38.7 Å². The van der Waals surface area contributed by atoms with E-state index in [-0.39, 0.29) is 18.2 Å². The first-order valence-corrected chi connectivity index (χ1v) is 8.29. The van der Waals surface area contributed by atoms with Crippen molar-refractivity contribution in [3.05, 3.63) is 23.2 Å². The van der Waals surface area contributed by atoms with Crippen molar-refractivity contribution in [3.63, 3.8) is 0 Å². The second-order valence-corrected chi connectivity index (χ2v) is 6.09.